The molecule has 2 saturated carbocycles. The fourth-order valence-corrected chi connectivity index (χ4v) is 3.74. The summed E-state index contributed by atoms with van der Waals surface area (Å²) in [6, 6.07) is 3.04. The zero-order chi connectivity index (χ0) is 18.9. The maximum atomic E-state index is 14.6. The van der Waals surface area contributed by atoms with Crippen molar-refractivity contribution in [3.05, 3.63) is 29.1 Å². The van der Waals surface area contributed by atoms with Gasteiger partial charge in [0.25, 0.3) is 0 Å². The SMILES string of the molecule is CC1CCCCC1COc1cc(F)c(C(=O)OC(C)(C)C)cc1C1CC1. The van der Waals surface area contributed by atoms with Gasteiger partial charge in [-0.25, -0.2) is 9.18 Å². The normalized spacial score (nSPS) is 23.6. The summed E-state index contributed by atoms with van der Waals surface area (Å²) >= 11 is 0. The zero-order valence-electron chi connectivity index (χ0n) is 16.4. The van der Waals surface area contributed by atoms with E-state index in [-0.39, 0.29) is 5.56 Å². The molecule has 0 amide bonds. The quantitative estimate of drug-likeness (QED) is 0.615. The minimum Gasteiger partial charge on any atom is -0.493 e. The standard InChI is InChI=1S/C22H31FO3/c1-14-7-5-6-8-16(14)13-25-20-12-19(23)18(11-17(20)15-9-10-15)21(24)26-22(2,3)4/h11-12,14-16H,5-10,13H2,1-4H3. The van der Waals surface area contributed by atoms with E-state index in [1.54, 1.807) is 26.8 Å². The van der Waals surface area contributed by atoms with Crippen LogP contribution < -0.4 is 4.74 Å². The summed E-state index contributed by atoms with van der Waals surface area (Å²) < 4.78 is 26.0. The highest BCUT2D eigenvalue weighted by atomic mass is 19.1. The van der Waals surface area contributed by atoms with Crippen molar-refractivity contribution in [3.63, 3.8) is 0 Å². The Kier molecular flexibility index (Phi) is 5.59. The second kappa shape index (κ2) is 7.58. The van der Waals surface area contributed by atoms with Crippen molar-refractivity contribution in [2.45, 2.75) is 77.7 Å². The molecule has 26 heavy (non-hydrogen) atoms. The van der Waals surface area contributed by atoms with Crippen molar-refractivity contribution in [3.8, 4) is 5.75 Å². The third-order valence-electron chi connectivity index (χ3n) is 5.48. The number of ether oxygens (including phenoxy) is 2. The van der Waals surface area contributed by atoms with Gasteiger partial charge < -0.3 is 9.47 Å². The summed E-state index contributed by atoms with van der Waals surface area (Å²) in [6.07, 6.45) is 7.10. The summed E-state index contributed by atoms with van der Waals surface area (Å²) in [5.41, 5.74) is 0.325. The molecular weight excluding hydrogens is 331 g/mol. The van der Waals surface area contributed by atoms with Crippen LogP contribution in [-0.4, -0.2) is 18.2 Å². The molecule has 0 saturated heterocycles. The third-order valence-corrected chi connectivity index (χ3v) is 5.48. The molecule has 2 unspecified atom stereocenters. The Bertz CT molecular complexity index is 658. The molecule has 0 aliphatic heterocycles. The fourth-order valence-electron chi connectivity index (χ4n) is 3.74. The molecule has 0 spiro atoms. The average Bonchev–Trinajstić information content (AvgIpc) is 3.37. The second-order valence-corrected chi connectivity index (χ2v) is 8.98. The van der Waals surface area contributed by atoms with E-state index in [0.29, 0.717) is 30.1 Å². The van der Waals surface area contributed by atoms with Crippen LogP contribution in [-0.2, 0) is 4.74 Å². The van der Waals surface area contributed by atoms with Gasteiger partial charge in [0.1, 0.15) is 17.2 Å². The van der Waals surface area contributed by atoms with Gasteiger partial charge in [-0.2, -0.15) is 0 Å². The number of rotatable bonds is 5. The first kappa shape index (κ1) is 19.2. The van der Waals surface area contributed by atoms with Gasteiger partial charge in [0, 0.05) is 6.07 Å². The molecule has 0 N–H and O–H groups in total. The average molecular weight is 362 g/mol. The van der Waals surface area contributed by atoms with E-state index < -0.39 is 17.4 Å². The Hall–Kier alpha value is -1.58. The molecule has 3 nitrogen and oxygen atoms in total. The van der Waals surface area contributed by atoms with Crippen LogP contribution in [0.1, 0.15) is 88.1 Å². The summed E-state index contributed by atoms with van der Waals surface area (Å²) in [5, 5.41) is 0. The minimum absolute atomic E-state index is 0.0141. The van der Waals surface area contributed by atoms with Gasteiger partial charge in [0.2, 0.25) is 0 Å². The maximum Gasteiger partial charge on any atom is 0.341 e. The van der Waals surface area contributed by atoms with Crippen molar-refractivity contribution in [2.24, 2.45) is 11.8 Å². The molecule has 1 aromatic rings. The molecule has 3 rings (SSSR count). The van der Waals surface area contributed by atoms with Crippen LogP contribution >= 0.6 is 0 Å². The fraction of sp³-hybridized carbons (Fsp3) is 0.682. The molecule has 0 heterocycles. The lowest BCUT2D eigenvalue weighted by Crippen LogP contribution is -2.25. The first-order valence-electron chi connectivity index (χ1n) is 9.94. The van der Waals surface area contributed by atoms with E-state index >= 15 is 0 Å². The molecular formula is C22H31FO3. The predicted octanol–water partition coefficient (Wildman–Crippen LogP) is 5.86. The van der Waals surface area contributed by atoms with E-state index in [4.69, 9.17) is 9.47 Å². The van der Waals surface area contributed by atoms with Gasteiger partial charge in [-0.1, -0.05) is 26.2 Å². The van der Waals surface area contributed by atoms with Crippen LogP contribution in [0.3, 0.4) is 0 Å². The lowest BCUT2D eigenvalue weighted by molar-refractivity contribution is 0.00645. The molecule has 144 valence electrons. The van der Waals surface area contributed by atoms with E-state index in [1.807, 2.05) is 0 Å². The van der Waals surface area contributed by atoms with Gasteiger partial charge in [-0.3, -0.25) is 0 Å². The molecule has 2 aliphatic rings. The Morgan fingerprint density at radius 3 is 2.46 bits per heavy atom. The van der Waals surface area contributed by atoms with E-state index in [2.05, 4.69) is 6.92 Å². The molecule has 0 bridgehead atoms. The van der Waals surface area contributed by atoms with Crippen molar-refractivity contribution in [2.75, 3.05) is 6.61 Å². The largest absolute Gasteiger partial charge is 0.493 e. The minimum atomic E-state index is -0.643. The van der Waals surface area contributed by atoms with E-state index in [1.165, 1.54) is 31.7 Å². The summed E-state index contributed by atoms with van der Waals surface area (Å²) in [6.45, 7) is 8.27. The Balaban J connectivity index is 1.77. The smallest absolute Gasteiger partial charge is 0.341 e. The highest BCUT2D eigenvalue weighted by Crippen LogP contribution is 2.45. The third kappa shape index (κ3) is 4.77. The van der Waals surface area contributed by atoms with Gasteiger partial charge in [-0.05, 0) is 69.4 Å². The van der Waals surface area contributed by atoms with Crippen LogP contribution in [0.4, 0.5) is 4.39 Å². The second-order valence-electron chi connectivity index (χ2n) is 8.98. The lowest BCUT2D eigenvalue weighted by Gasteiger charge is -2.29. The van der Waals surface area contributed by atoms with Crippen LogP contribution in [0.15, 0.2) is 12.1 Å². The number of hydrogen-bond acceptors (Lipinski definition) is 3. The number of halogens is 1. The van der Waals surface area contributed by atoms with Gasteiger partial charge in [0.05, 0.1) is 12.2 Å². The first-order chi connectivity index (χ1) is 12.2. The van der Waals surface area contributed by atoms with Crippen LogP contribution in [0.2, 0.25) is 0 Å². The van der Waals surface area contributed by atoms with Crippen LogP contribution in [0, 0.1) is 17.7 Å². The monoisotopic (exact) mass is 362 g/mol. The summed E-state index contributed by atoms with van der Waals surface area (Å²) in [5.74, 6) is 0.994. The number of hydrogen-bond donors (Lipinski definition) is 0. The van der Waals surface area contributed by atoms with Crippen molar-refractivity contribution in [1.82, 2.24) is 0 Å². The maximum absolute atomic E-state index is 14.6. The molecule has 2 fully saturated rings. The molecule has 2 aliphatic carbocycles. The number of carbonyl (C=O) groups excluding carboxylic acids is 1. The van der Waals surface area contributed by atoms with Crippen molar-refractivity contribution in [1.29, 1.82) is 0 Å². The summed E-state index contributed by atoms with van der Waals surface area (Å²) in [4.78, 5) is 12.3. The van der Waals surface area contributed by atoms with Crippen LogP contribution in [0.25, 0.3) is 0 Å². The lowest BCUT2D eigenvalue weighted by atomic mass is 9.81. The predicted molar refractivity (Wildman–Crippen MR) is 100 cm³/mol. The van der Waals surface area contributed by atoms with Gasteiger partial charge in [-0.15, -0.1) is 0 Å². The Morgan fingerprint density at radius 2 is 1.85 bits per heavy atom. The molecule has 0 radical (unpaired) electrons. The summed E-state index contributed by atoms with van der Waals surface area (Å²) in [7, 11) is 0. The Labute approximate surface area is 156 Å². The molecule has 4 heteroatoms. The molecule has 2 atom stereocenters. The topological polar surface area (TPSA) is 35.5 Å². The van der Waals surface area contributed by atoms with Crippen molar-refractivity contribution >= 4 is 5.97 Å². The number of benzene rings is 1. The highest BCUT2D eigenvalue weighted by molar-refractivity contribution is 5.90. The number of carbonyl (C=O) groups is 1. The highest BCUT2D eigenvalue weighted by Gasteiger charge is 2.31. The zero-order valence-corrected chi connectivity index (χ0v) is 16.4. The molecule has 0 aromatic heterocycles. The van der Waals surface area contributed by atoms with E-state index in [0.717, 1.165) is 18.4 Å². The Morgan fingerprint density at radius 1 is 1.15 bits per heavy atom. The van der Waals surface area contributed by atoms with Gasteiger partial charge in [0.15, 0.2) is 0 Å². The van der Waals surface area contributed by atoms with Crippen molar-refractivity contribution < 1.29 is 18.7 Å². The van der Waals surface area contributed by atoms with Crippen LogP contribution in [0.5, 0.6) is 5.75 Å². The first-order valence-corrected chi connectivity index (χ1v) is 9.94. The van der Waals surface area contributed by atoms with E-state index in [9.17, 15) is 9.18 Å². The molecule has 1 aromatic carbocycles. The number of esters is 1. The van der Waals surface area contributed by atoms with Gasteiger partial charge >= 0.3 is 5.97 Å².